The van der Waals surface area contributed by atoms with Gasteiger partial charge in [0.15, 0.2) is 5.69 Å². The fraction of sp³-hybridized carbons (Fsp3) is 0.238. The van der Waals surface area contributed by atoms with E-state index < -0.39 is 11.9 Å². The molecule has 27 heavy (non-hydrogen) atoms. The van der Waals surface area contributed by atoms with Crippen LogP contribution in [-0.2, 0) is 6.18 Å². The number of fused-ring (bicyclic) bond motifs is 1. The molecule has 0 fully saturated rings. The molecule has 0 radical (unpaired) electrons. The van der Waals surface area contributed by atoms with E-state index in [-0.39, 0.29) is 17.2 Å². The predicted octanol–water partition coefficient (Wildman–Crippen LogP) is 5.92. The van der Waals surface area contributed by atoms with E-state index in [9.17, 15) is 13.2 Å². The van der Waals surface area contributed by atoms with Gasteiger partial charge in [-0.05, 0) is 61.0 Å². The van der Waals surface area contributed by atoms with Gasteiger partial charge < -0.3 is 5.32 Å². The molecule has 0 saturated heterocycles. The van der Waals surface area contributed by atoms with Crippen molar-refractivity contribution in [3.8, 4) is 17.2 Å². The predicted molar refractivity (Wildman–Crippen MR) is 100 cm³/mol. The normalized spacial score (nSPS) is 11.6. The number of alkyl halides is 3. The maximum Gasteiger partial charge on any atom is 0.434 e. The molecule has 1 N–H and O–H groups in total. The Morgan fingerprint density at radius 3 is 2.19 bits per heavy atom. The molecule has 0 aliphatic heterocycles. The highest BCUT2D eigenvalue weighted by Gasteiger charge is 2.36. The average Bonchev–Trinajstić information content (AvgIpc) is 2.62. The molecule has 2 aromatic carbocycles. The summed E-state index contributed by atoms with van der Waals surface area (Å²) in [5, 5.41) is 12.5. The lowest BCUT2D eigenvalue weighted by molar-refractivity contribution is -0.139. The second-order valence-electron chi connectivity index (χ2n) is 6.68. The van der Waals surface area contributed by atoms with Crippen molar-refractivity contribution < 1.29 is 13.2 Å². The highest BCUT2D eigenvalue weighted by Crippen LogP contribution is 2.38. The van der Waals surface area contributed by atoms with Crippen LogP contribution in [0.3, 0.4) is 0 Å². The van der Waals surface area contributed by atoms with Crippen molar-refractivity contribution in [3.05, 3.63) is 59.3 Å². The first kappa shape index (κ1) is 18.7. The number of nitriles is 1. The lowest BCUT2D eigenvalue weighted by Crippen LogP contribution is -2.16. The molecule has 0 unspecified atom stereocenters. The Kier molecular flexibility index (Phi) is 4.79. The maximum absolute atomic E-state index is 13.7. The number of anilines is 1. The Balaban J connectivity index is 2.24. The van der Waals surface area contributed by atoms with Crippen LogP contribution in [0, 0.1) is 18.3 Å². The molecule has 0 aliphatic carbocycles. The third kappa shape index (κ3) is 3.72. The summed E-state index contributed by atoms with van der Waals surface area (Å²) in [6.45, 7) is 5.47. The van der Waals surface area contributed by atoms with E-state index in [1.54, 1.807) is 43.3 Å². The molecule has 3 rings (SSSR count). The first-order chi connectivity index (χ1) is 12.7. The molecule has 0 aliphatic rings. The van der Waals surface area contributed by atoms with Crippen molar-refractivity contribution in [3.63, 3.8) is 0 Å². The zero-order chi connectivity index (χ0) is 19.8. The molecule has 6 heteroatoms. The number of nitrogens with zero attached hydrogens (tertiary/aromatic N) is 2. The van der Waals surface area contributed by atoms with Gasteiger partial charge in [0.2, 0.25) is 0 Å². The summed E-state index contributed by atoms with van der Waals surface area (Å²) >= 11 is 0. The van der Waals surface area contributed by atoms with Gasteiger partial charge in [-0.3, -0.25) is 0 Å². The van der Waals surface area contributed by atoms with Crippen LogP contribution in [0.4, 0.5) is 19.0 Å². The van der Waals surface area contributed by atoms with Crippen molar-refractivity contribution in [2.24, 2.45) is 0 Å². The SMILES string of the molecule is Cc1c(NC(C)C)nc(C(F)(F)F)c2cc(-c3ccc(C#N)cc3)ccc12. The molecule has 0 amide bonds. The topological polar surface area (TPSA) is 48.7 Å². The highest BCUT2D eigenvalue weighted by molar-refractivity contribution is 5.94. The summed E-state index contributed by atoms with van der Waals surface area (Å²) in [4.78, 5) is 3.89. The van der Waals surface area contributed by atoms with Gasteiger partial charge in [0, 0.05) is 11.4 Å². The number of hydrogen-bond donors (Lipinski definition) is 1. The van der Waals surface area contributed by atoms with Gasteiger partial charge in [-0.2, -0.15) is 18.4 Å². The largest absolute Gasteiger partial charge is 0.434 e. The smallest absolute Gasteiger partial charge is 0.368 e. The Bertz CT molecular complexity index is 1030. The summed E-state index contributed by atoms with van der Waals surface area (Å²) in [6, 6.07) is 13.7. The van der Waals surface area contributed by atoms with Gasteiger partial charge in [-0.1, -0.05) is 24.3 Å². The summed E-state index contributed by atoms with van der Waals surface area (Å²) < 4.78 is 41.0. The number of pyridine rings is 1. The molecule has 3 aromatic rings. The number of rotatable bonds is 3. The fourth-order valence-corrected chi connectivity index (χ4v) is 3.00. The number of halogens is 3. The number of benzene rings is 2. The Morgan fingerprint density at radius 2 is 1.63 bits per heavy atom. The van der Waals surface area contributed by atoms with Crippen LogP contribution in [0.1, 0.15) is 30.7 Å². The van der Waals surface area contributed by atoms with Crippen LogP contribution in [0.15, 0.2) is 42.5 Å². The van der Waals surface area contributed by atoms with Crippen molar-refractivity contribution in [2.75, 3.05) is 5.32 Å². The summed E-state index contributed by atoms with van der Waals surface area (Å²) in [6.07, 6.45) is -4.57. The zero-order valence-corrected chi connectivity index (χ0v) is 15.1. The maximum atomic E-state index is 13.7. The minimum atomic E-state index is -4.57. The van der Waals surface area contributed by atoms with Crippen molar-refractivity contribution in [2.45, 2.75) is 33.0 Å². The van der Waals surface area contributed by atoms with Crippen LogP contribution >= 0.6 is 0 Å². The highest BCUT2D eigenvalue weighted by atomic mass is 19.4. The minimum Gasteiger partial charge on any atom is -0.368 e. The van der Waals surface area contributed by atoms with E-state index in [1.165, 1.54) is 6.07 Å². The van der Waals surface area contributed by atoms with Gasteiger partial charge >= 0.3 is 6.18 Å². The lowest BCUT2D eigenvalue weighted by Gasteiger charge is -2.18. The van der Waals surface area contributed by atoms with E-state index in [0.717, 1.165) is 5.56 Å². The second kappa shape index (κ2) is 6.92. The molecular formula is C21H18F3N3. The summed E-state index contributed by atoms with van der Waals surface area (Å²) in [5.74, 6) is 0.246. The van der Waals surface area contributed by atoms with Crippen LogP contribution < -0.4 is 5.32 Å². The first-order valence-electron chi connectivity index (χ1n) is 8.49. The van der Waals surface area contributed by atoms with Gasteiger partial charge in [0.1, 0.15) is 5.82 Å². The molecule has 138 valence electrons. The fourth-order valence-electron chi connectivity index (χ4n) is 3.00. The van der Waals surface area contributed by atoms with Gasteiger partial charge in [0.05, 0.1) is 11.6 Å². The van der Waals surface area contributed by atoms with E-state index in [0.29, 0.717) is 22.1 Å². The van der Waals surface area contributed by atoms with Crippen LogP contribution in [0.2, 0.25) is 0 Å². The second-order valence-corrected chi connectivity index (χ2v) is 6.68. The lowest BCUT2D eigenvalue weighted by atomic mass is 9.97. The van der Waals surface area contributed by atoms with Crippen molar-refractivity contribution >= 4 is 16.6 Å². The zero-order valence-electron chi connectivity index (χ0n) is 15.1. The third-order valence-electron chi connectivity index (χ3n) is 4.30. The number of hydrogen-bond acceptors (Lipinski definition) is 3. The van der Waals surface area contributed by atoms with Gasteiger partial charge in [-0.25, -0.2) is 4.98 Å². The molecule has 0 spiro atoms. The Hall–Kier alpha value is -3.07. The van der Waals surface area contributed by atoms with E-state index in [4.69, 9.17) is 5.26 Å². The molecule has 0 bridgehead atoms. The molecule has 1 heterocycles. The standard InChI is InChI=1S/C21H18F3N3/c1-12(2)26-20-13(3)17-9-8-16(15-6-4-14(11-25)5-7-15)10-18(17)19(27-20)21(22,23)24/h4-10,12H,1-3H3,(H,26,27). The van der Waals surface area contributed by atoms with Crippen LogP contribution in [0.25, 0.3) is 21.9 Å². The van der Waals surface area contributed by atoms with Crippen molar-refractivity contribution in [1.82, 2.24) is 4.98 Å². The van der Waals surface area contributed by atoms with Crippen LogP contribution in [0.5, 0.6) is 0 Å². The third-order valence-corrected chi connectivity index (χ3v) is 4.30. The van der Waals surface area contributed by atoms with E-state index in [1.807, 2.05) is 19.9 Å². The molecule has 3 nitrogen and oxygen atoms in total. The van der Waals surface area contributed by atoms with E-state index >= 15 is 0 Å². The summed E-state index contributed by atoms with van der Waals surface area (Å²) in [5.41, 5.74) is 1.66. The monoisotopic (exact) mass is 369 g/mol. The molecule has 0 saturated carbocycles. The first-order valence-corrected chi connectivity index (χ1v) is 8.49. The van der Waals surface area contributed by atoms with Crippen molar-refractivity contribution in [1.29, 1.82) is 5.26 Å². The Labute approximate surface area is 155 Å². The van der Waals surface area contributed by atoms with Gasteiger partial charge in [0.25, 0.3) is 0 Å². The average molecular weight is 369 g/mol. The van der Waals surface area contributed by atoms with Gasteiger partial charge in [-0.15, -0.1) is 0 Å². The number of aromatic nitrogens is 1. The number of aryl methyl sites for hydroxylation is 1. The van der Waals surface area contributed by atoms with E-state index in [2.05, 4.69) is 10.3 Å². The summed E-state index contributed by atoms with van der Waals surface area (Å²) in [7, 11) is 0. The minimum absolute atomic E-state index is 0.0346. The number of nitrogens with one attached hydrogen (secondary N) is 1. The molecule has 1 aromatic heterocycles. The van der Waals surface area contributed by atoms with Crippen LogP contribution in [-0.4, -0.2) is 11.0 Å². The quantitative estimate of drug-likeness (QED) is 0.623. The Morgan fingerprint density at radius 1 is 1.00 bits per heavy atom. The molecule has 0 atom stereocenters. The molecular weight excluding hydrogens is 351 g/mol.